The normalized spacial score (nSPS) is 22.2. The first-order valence-corrected chi connectivity index (χ1v) is 8.32. The summed E-state index contributed by atoms with van der Waals surface area (Å²) in [6.45, 7) is 4.02. The van der Waals surface area contributed by atoms with Crippen LogP contribution in [-0.2, 0) is 9.53 Å². The van der Waals surface area contributed by atoms with Crippen LogP contribution < -0.4 is 10.5 Å². The maximum atomic E-state index is 12.8. The summed E-state index contributed by atoms with van der Waals surface area (Å²) in [4.78, 5) is 12.8. The third kappa shape index (κ3) is 2.98. The number of nitriles is 1. The van der Waals surface area contributed by atoms with Crippen molar-refractivity contribution in [1.82, 2.24) is 0 Å². The summed E-state index contributed by atoms with van der Waals surface area (Å²) in [5.41, 5.74) is 7.23. The highest BCUT2D eigenvalue weighted by atomic mass is 35.5. The lowest BCUT2D eigenvalue weighted by Crippen LogP contribution is -2.33. The van der Waals surface area contributed by atoms with Gasteiger partial charge in [-0.2, -0.15) is 5.26 Å². The summed E-state index contributed by atoms with van der Waals surface area (Å²) < 4.78 is 10.8. The molecule has 1 atom stereocenters. The van der Waals surface area contributed by atoms with E-state index in [1.807, 2.05) is 13.8 Å². The molecule has 0 saturated carbocycles. The number of methoxy groups -OCH3 is 1. The second-order valence-corrected chi connectivity index (χ2v) is 7.50. The fraction of sp³-hybridized carbons (Fsp3) is 0.368. The van der Waals surface area contributed by atoms with Crippen LogP contribution in [-0.4, -0.2) is 12.9 Å². The molecule has 3 rings (SSSR count). The van der Waals surface area contributed by atoms with Gasteiger partial charge in [0, 0.05) is 18.4 Å². The van der Waals surface area contributed by atoms with E-state index in [1.54, 1.807) is 18.2 Å². The Morgan fingerprint density at radius 1 is 1.40 bits per heavy atom. The molecule has 1 aliphatic carbocycles. The van der Waals surface area contributed by atoms with E-state index in [9.17, 15) is 10.1 Å². The van der Waals surface area contributed by atoms with Crippen LogP contribution in [0.3, 0.4) is 0 Å². The van der Waals surface area contributed by atoms with Gasteiger partial charge in [0.05, 0.1) is 18.1 Å². The molecule has 5 nitrogen and oxygen atoms in total. The average Bonchev–Trinajstić information content (AvgIpc) is 2.52. The molecule has 1 aliphatic heterocycles. The number of rotatable bonds is 2. The number of nitrogens with two attached hydrogens (primary N) is 1. The number of Topliss-reactive ketones (excluding diaryl/α,β-unsaturated/α-hetero) is 1. The van der Waals surface area contributed by atoms with Crippen molar-refractivity contribution in [2.24, 2.45) is 11.1 Å². The number of hydrogen-bond donors (Lipinski definition) is 1. The Labute approximate surface area is 151 Å². The van der Waals surface area contributed by atoms with Gasteiger partial charge in [0.2, 0.25) is 5.88 Å². The molecule has 0 amide bonds. The second kappa shape index (κ2) is 6.12. The van der Waals surface area contributed by atoms with Crippen molar-refractivity contribution in [1.29, 1.82) is 5.26 Å². The van der Waals surface area contributed by atoms with Crippen molar-refractivity contribution >= 4 is 17.4 Å². The highest BCUT2D eigenvalue weighted by molar-refractivity contribution is 6.32. The fourth-order valence-corrected chi connectivity index (χ4v) is 3.75. The standard InChI is InChI=1S/C19H19ClN2O3/c1-19(2)7-13(23)17-15(8-19)25-18(22)11(9-21)16(17)10-4-5-14(24-3)12(20)6-10/h4-6,16H,7-8,22H2,1-3H3/t16-/m1/s1. The van der Waals surface area contributed by atoms with E-state index in [0.29, 0.717) is 40.5 Å². The fourth-order valence-electron chi connectivity index (χ4n) is 3.48. The maximum Gasteiger partial charge on any atom is 0.205 e. The van der Waals surface area contributed by atoms with Gasteiger partial charge in [-0.15, -0.1) is 0 Å². The third-order valence-electron chi connectivity index (χ3n) is 4.58. The van der Waals surface area contributed by atoms with E-state index >= 15 is 0 Å². The van der Waals surface area contributed by atoms with Gasteiger partial charge in [-0.1, -0.05) is 31.5 Å². The lowest BCUT2D eigenvalue weighted by molar-refractivity contribution is -0.119. The lowest BCUT2D eigenvalue weighted by Gasteiger charge is -2.37. The maximum absolute atomic E-state index is 12.8. The predicted octanol–water partition coefficient (Wildman–Crippen LogP) is 3.80. The smallest absolute Gasteiger partial charge is 0.205 e. The SMILES string of the molecule is COc1ccc([C@@H]2C(C#N)=C(N)OC3=C2C(=O)CC(C)(C)C3)cc1Cl. The molecule has 2 N–H and O–H groups in total. The minimum Gasteiger partial charge on any atom is -0.495 e. The summed E-state index contributed by atoms with van der Waals surface area (Å²) in [6, 6.07) is 7.31. The summed E-state index contributed by atoms with van der Waals surface area (Å²) in [6.07, 6.45) is 0.988. The zero-order valence-electron chi connectivity index (χ0n) is 14.4. The van der Waals surface area contributed by atoms with Crippen LogP contribution in [0.2, 0.25) is 5.02 Å². The number of halogens is 1. The summed E-state index contributed by atoms with van der Waals surface area (Å²) >= 11 is 6.25. The highest BCUT2D eigenvalue weighted by Gasteiger charge is 2.43. The molecule has 6 heteroatoms. The number of carbonyl (C=O) groups is 1. The average molecular weight is 359 g/mol. The molecule has 1 aromatic rings. The molecule has 0 aromatic heterocycles. The topological polar surface area (TPSA) is 85.3 Å². The molecule has 0 spiro atoms. The second-order valence-electron chi connectivity index (χ2n) is 7.10. The van der Waals surface area contributed by atoms with E-state index < -0.39 is 5.92 Å². The zero-order valence-corrected chi connectivity index (χ0v) is 15.1. The van der Waals surface area contributed by atoms with E-state index in [4.69, 9.17) is 26.8 Å². The number of ketones is 1. The first kappa shape index (κ1) is 17.4. The molecule has 25 heavy (non-hydrogen) atoms. The van der Waals surface area contributed by atoms with Crippen molar-refractivity contribution in [2.75, 3.05) is 7.11 Å². The van der Waals surface area contributed by atoms with E-state index in [1.165, 1.54) is 7.11 Å². The van der Waals surface area contributed by atoms with Gasteiger partial charge in [-0.25, -0.2) is 0 Å². The quantitative estimate of drug-likeness (QED) is 0.869. The largest absolute Gasteiger partial charge is 0.495 e. The van der Waals surface area contributed by atoms with Crippen LogP contribution >= 0.6 is 11.6 Å². The highest BCUT2D eigenvalue weighted by Crippen LogP contribution is 2.48. The Bertz CT molecular complexity index is 862. The van der Waals surface area contributed by atoms with Crippen LogP contribution in [0.1, 0.15) is 38.2 Å². The molecule has 0 saturated heterocycles. The Morgan fingerprint density at radius 2 is 2.12 bits per heavy atom. The Hall–Kier alpha value is -2.45. The number of benzene rings is 1. The molecular weight excluding hydrogens is 340 g/mol. The van der Waals surface area contributed by atoms with Gasteiger partial charge >= 0.3 is 0 Å². The van der Waals surface area contributed by atoms with Gasteiger partial charge in [-0.05, 0) is 23.1 Å². The van der Waals surface area contributed by atoms with Crippen molar-refractivity contribution < 1.29 is 14.3 Å². The van der Waals surface area contributed by atoms with Crippen molar-refractivity contribution in [2.45, 2.75) is 32.6 Å². The van der Waals surface area contributed by atoms with E-state index in [-0.39, 0.29) is 22.7 Å². The Kier molecular flexibility index (Phi) is 4.26. The summed E-state index contributed by atoms with van der Waals surface area (Å²) in [5.74, 6) is 0.529. The van der Waals surface area contributed by atoms with Crippen molar-refractivity contribution in [3.63, 3.8) is 0 Å². The number of allylic oxidation sites excluding steroid dienone is 3. The van der Waals surface area contributed by atoms with Gasteiger partial charge < -0.3 is 15.2 Å². The predicted molar refractivity (Wildman–Crippen MR) is 93.7 cm³/mol. The van der Waals surface area contributed by atoms with Crippen LogP contribution in [0.4, 0.5) is 0 Å². The van der Waals surface area contributed by atoms with E-state index in [2.05, 4.69) is 6.07 Å². The minimum absolute atomic E-state index is 0.0246. The molecule has 2 aliphatic rings. The van der Waals surface area contributed by atoms with Gasteiger partial charge in [0.25, 0.3) is 0 Å². The molecular formula is C19H19ClN2O3. The monoisotopic (exact) mass is 358 g/mol. The third-order valence-corrected chi connectivity index (χ3v) is 4.88. The number of ether oxygens (including phenoxy) is 2. The zero-order chi connectivity index (χ0) is 18.4. The first-order chi connectivity index (χ1) is 11.8. The van der Waals surface area contributed by atoms with E-state index in [0.717, 1.165) is 0 Å². The van der Waals surface area contributed by atoms with Crippen LogP contribution in [0.15, 0.2) is 41.0 Å². The molecule has 130 valence electrons. The van der Waals surface area contributed by atoms with Crippen molar-refractivity contribution in [3.8, 4) is 11.8 Å². The molecule has 0 fully saturated rings. The molecule has 1 aromatic carbocycles. The van der Waals surface area contributed by atoms with Crippen LogP contribution in [0, 0.1) is 16.7 Å². The number of nitrogens with zero attached hydrogens (tertiary/aromatic N) is 1. The lowest BCUT2D eigenvalue weighted by atomic mass is 9.70. The van der Waals surface area contributed by atoms with Gasteiger partial charge in [-0.3, -0.25) is 4.79 Å². The van der Waals surface area contributed by atoms with Crippen LogP contribution in [0.5, 0.6) is 5.75 Å². The molecule has 0 radical (unpaired) electrons. The number of hydrogen-bond acceptors (Lipinski definition) is 5. The molecule has 0 unspecified atom stereocenters. The Balaban J connectivity index is 2.18. The minimum atomic E-state index is -0.569. The number of carbonyl (C=O) groups excluding carboxylic acids is 1. The van der Waals surface area contributed by atoms with Crippen LogP contribution in [0.25, 0.3) is 0 Å². The molecule has 1 heterocycles. The Morgan fingerprint density at radius 3 is 2.72 bits per heavy atom. The molecule has 0 bridgehead atoms. The summed E-state index contributed by atoms with van der Waals surface area (Å²) in [5, 5.41) is 9.99. The van der Waals surface area contributed by atoms with Gasteiger partial charge in [0.15, 0.2) is 5.78 Å². The first-order valence-electron chi connectivity index (χ1n) is 7.94. The van der Waals surface area contributed by atoms with Crippen molar-refractivity contribution in [3.05, 3.63) is 51.6 Å². The van der Waals surface area contributed by atoms with Gasteiger partial charge in [0.1, 0.15) is 23.2 Å². The summed E-state index contributed by atoms with van der Waals surface area (Å²) in [7, 11) is 1.53.